The van der Waals surface area contributed by atoms with E-state index in [9.17, 15) is 14.4 Å². The molecule has 0 unspecified atom stereocenters. The third kappa shape index (κ3) is 4.04. The molecule has 0 bridgehead atoms. The molecule has 1 fully saturated rings. The molecule has 6 nitrogen and oxygen atoms in total. The van der Waals surface area contributed by atoms with Gasteiger partial charge in [0, 0.05) is 11.8 Å². The highest BCUT2D eigenvalue weighted by atomic mass is 32.1. The first-order valence-corrected chi connectivity index (χ1v) is 9.24. The number of Topliss-reactive ketones (excluding diaryl/α,β-unsaturated/α-hetero) is 1. The molecule has 1 heterocycles. The molecule has 2 amide bonds. The molecule has 1 N–H and O–H groups in total. The van der Waals surface area contributed by atoms with Crippen LogP contribution in [0.5, 0.6) is 0 Å². The average molecular weight is 393 g/mol. The van der Waals surface area contributed by atoms with Gasteiger partial charge in [-0.05, 0) is 67.5 Å². The molecule has 0 spiro atoms. The van der Waals surface area contributed by atoms with Gasteiger partial charge in [0.1, 0.15) is 0 Å². The number of aliphatic imine (C=N–C) groups is 1. The van der Waals surface area contributed by atoms with Crippen LogP contribution in [0.15, 0.2) is 53.5 Å². The summed E-state index contributed by atoms with van der Waals surface area (Å²) in [6.45, 7) is 3.52. The fourth-order valence-corrected chi connectivity index (χ4v) is 3.09. The molecular weight excluding hydrogens is 374 g/mol. The van der Waals surface area contributed by atoms with Crippen molar-refractivity contribution in [3.8, 4) is 0 Å². The van der Waals surface area contributed by atoms with E-state index in [1.165, 1.54) is 18.0 Å². The van der Waals surface area contributed by atoms with Gasteiger partial charge in [0.2, 0.25) is 5.91 Å². The molecule has 2 aromatic rings. The van der Waals surface area contributed by atoms with Gasteiger partial charge in [-0.25, -0.2) is 0 Å². The molecule has 0 saturated carbocycles. The van der Waals surface area contributed by atoms with Crippen molar-refractivity contribution in [3.63, 3.8) is 0 Å². The van der Waals surface area contributed by atoms with E-state index in [0.29, 0.717) is 16.9 Å². The van der Waals surface area contributed by atoms with Gasteiger partial charge in [-0.2, -0.15) is 0 Å². The van der Waals surface area contributed by atoms with Gasteiger partial charge in [0.05, 0.1) is 11.4 Å². The van der Waals surface area contributed by atoms with Gasteiger partial charge in [0.15, 0.2) is 16.8 Å². The molecular formula is C21H19N3O3S. The summed E-state index contributed by atoms with van der Waals surface area (Å²) in [5.74, 6) is -2.11. The molecule has 1 saturated heterocycles. The topological polar surface area (TPSA) is 78.8 Å². The smallest absolute Gasteiger partial charge is 0.251 e. The minimum Gasteiger partial charge on any atom is -0.301 e. The van der Waals surface area contributed by atoms with E-state index in [0.717, 1.165) is 12.0 Å². The van der Waals surface area contributed by atoms with Crippen LogP contribution < -0.4 is 10.2 Å². The highest BCUT2D eigenvalue weighted by Gasteiger charge is 2.38. The molecule has 1 aliphatic rings. The number of hydrogen-bond donors (Lipinski definition) is 1. The lowest BCUT2D eigenvalue weighted by Gasteiger charge is -2.31. The van der Waals surface area contributed by atoms with Gasteiger partial charge in [-0.15, -0.1) is 0 Å². The van der Waals surface area contributed by atoms with Gasteiger partial charge < -0.3 is 5.32 Å². The molecule has 2 aromatic carbocycles. The summed E-state index contributed by atoms with van der Waals surface area (Å²) in [6.07, 6.45) is 2.18. The quantitative estimate of drug-likeness (QED) is 0.366. The Balaban J connectivity index is 1.83. The van der Waals surface area contributed by atoms with Gasteiger partial charge in [-0.3, -0.25) is 24.3 Å². The predicted molar refractivity (Wildman–Crippen MR) is 112 cm³/mol. The molecule has 0 aromatic heterocycles. The number of ketones is 1. The molecule has 1 aliphatic heterocycles. The van der Waals surface area contributed by atoms with Crippen LogP contribution in [0.2, 0.25) is 0 Å². The van der Waals surface area contributed by atoms with Crippen molar-refractivity contribution in [2.45, 2.75) is 20.3 Å². The first-order valence-electron chi connectivity index (χ1n) is 8.83. The summed E-state index contributed by atoms with van der Waals surface area (Å²) < 4.78 is 0. The third-order valence-electron chi connectivity index (χ3n) is 4.45. The van der Waals surface area contributed by atoms with E-state index in [1.807, 2.05) is 19.1 Å². The monoisotopic (exact) mass is 393 g/mol. The van der Waals surface area contributed by atoms with Crippen LogP contribution in [0.3, 0.4) is 0 Å². The zero-order valence-electron chi connectivity index (χ0n) is 15.5. The Morgan fingerprint density at radius 2 is 1.79 bits per heavy atom. The summed E-state index contributed by atoms with van der Waals surface area (Å²) >= 11 is 5.19. The first-order chi connectivity index (χ1) is 13.4. The molecule has 142 valence electrons. The van der Waals surface area contributed by atoms with Gasteiger partial charge >= 0.3 is 0 Å². The number of aryl methyl sites for hydroxylation is 1. The molecule has 28 heavy (non-hydrogen) atoms. The maximum atomic E-state index is 12.9. The highest BCUT2D eigenvalue weighted by Crippen LogP contribution is 2.22. The third-order valence-corrected chi connectivity index (χ3v) is 4.74. The van der Waals surface area contributed by atoms with Crippen LogP contribution in [-0.2, 0) is 16.0 Å². The number of amides is 2. The minimum absolute atomic E-state index is 0.0457. The van der Waals surface area contributed by atoms with Crippen LogP contribution in [0.1, 0.15) is 29.8 Å². The SMILES string of the molecule is CCc1ccc(N2C(=O)[C@@H](C=Nc3ccc(C(C)=O)cc3)C(=O)NC2=S)cc1. The number of carbonyl (C=O) groups excluding carboxylic acids is 3. The Hall–Kier alpha value is -3.19. The van der Waals surface area contributed by atoms with Crippen LogP contribution in [0, 0.1) is 5.92 Å². The Kier molecular flexibility index (Phi) is 5.75. The number of benzene rings is 2. The van der Waals surface area contributed by atoms with Crippen LogP contribution >= 0.6 is 12.2 Å². The Morgan fingerprint density at radius 1 is 1.14 bits per heavy atom. The normalized spacial score (nSPS) is 17.1. The van der Waals surface area contributed by atoms with Crippen molar-refractivity contribution in [1.82, 2.24) is 5.32 Å². The number of nitrogens with zero attached hydrogens (tertiary/aromatic N) is 2. The molecule has 0 aliphatic carbocycles. The van der Waals surface area contributed by atoms with Crippen molar-refractivity contribution >= 4 is 52.5 Å². The Labute approximate surface area is 168 Å². The molecule has 0 radical (unpaired) electrons. The summed E-state index contributed by atoms with van der Waals surface area (Å²) in [5, 5.41) is 2.61. The van der Waals surface area contributed by atoms with E-state index < -0.39 is 17.7 Å². The predicted octanol–water partition coefficient (Wildman–Crippen LogP) is 3.22. The largest absolute Gasteiger partial charge is 0.301 e. The second kappa shape index (κ2) is 8.22. The summed E-state index contributed by atoms with van der Waals surface area (Å²) in [4.78, 5) is 42.1. The number of carbonyl (C=O) groups is 3. The molecule has 1 atom stereocenters. The Bertz CT molecular complexity index is 965. The number of hydrogen-bond acceptors (Lipinski definition) is 5. The highest BCUT2D eigenvalue weighted by molar-refractivity contribution is 7.80. The number of thiocarbonyl (C=S) groups is 1. The lowest BCUT2D eigenvalue weighted by Crippen LogP contribution is -2.58. The second-order valence-corrected chi connectivity index (χ2v) is 6.73. The van der Waals surface area contributed by atoms with E-state index in [2.05, 4.69) is 10.3 Å². The number of anilines is 1. The van der Waals surface area contributed by atoms with E-state index >= 15 is 0 Å². The fourth-order valence-electron chi connectivity index (χ4n) is 2.79. The second-order valence-electron chi connectivity index (χ2n) is 6.35. The van der Waals surface area contributed by atoms with Crippen molar-refractivity contribution in [2.24, 2.45) is 10.9 Å². The van der Waals surface area contributed by atoms with Gasteiger partial charge in [-0.1, -0.05) is 19.1 Å². The minimum atomic E-state index is -1.09. The van der Waals surface area contributed by atoms with Crippen molar-refractivity contribution < 1.29 is 14.4 Å². The maximum Gasteiger partial charge on any atom is 0.251 e. The van der Waals surface area contributed by atoms with Crippen LogP contribution in [0.25, 0.3) is 0 Å². The van der Waals surface area contributed by atoms with Crippen molar-refractivity contribution in [1.29, 1.82) is 0 Å². The fraction of sp³-hybridized carbons (Fsp3) is 0.190. The summed E-state index contributed by atoms with van der Waals surface area (Å²) in [6, 6.07) is 14.0. The lowest BCUT2D eigenvalue weighted by molar-refractivity contribution is -0.130. The van der Waals surface area contributed by atoms with Crippen LogP contribution in [-0.4, -0.2) is 28.9 Å². The standard InChI is InChI=1S/C21H19N3O3S/c1-3-14-4-10-17(11-5-14)24-20(27)18(19(26)23-21(24)28)12-22-16-8-6-15(7-9-16)13(2)25/h4-12,18H,3H2,1-2H3,(H,23,26,28)/t18-/m0/s1. The van der Waals surface area contributed by atoms with E-state index in [4.69, 9.17) is 12.2 Å². The first kappa shape index (κ1) is 19.6. The lowest BCUT2D eigenvalue weighted by atomic mass is 10.1. The van der Waals surface area contributed by atoms with E-state index in [1.54, 1.807) is 36.4 Å². The summed E-state index contributed by atoms with van der Waals surface area (Å²) in [7, 11) is 0. The molecule has 3 rings (SSSR count). The van der Waals surface area contributed by atoms with Crippen molar-refractivity contribution in [2.75, 3.05) is 4.90 Å². The Morgan fingerprint density at radius 3 is 2.36 bits per heavy atom. The van der Waals surface area contributed by atoms with Crippen molar-refractivity contribution in [3.05, 3.63) is 59.7 Å². The zero-order chi connectivity index (χ0) is 20.3. The van der Waals surface area contributed by atoms with E-state index in [-0.39, 0.29) is 10.9 Å². The maximum absolute atomic E-state index is 12.9. The van der Waals surface area contributed by atoms with Gasteiger partial charge in [0.25, 0.3) is 5.91 Å². The summed E-state index contributed by atoms with van der Waals surface area (Å²) in [5.41, 5.74) is 2.83. The average Bonchev–Trinajstić information content (AvgIpc) is 2.68. The zero-order valence-corrected chi connectivity index (χ0v) is 16.3. The number of rotatable bonds is 5. The number of nitrogens with one attached hydrogen (secondary N) is 1. The van der Waals surface area contributed by atoms with Crippen LogP contribution in [0.4, 0.5) is 11.4 Å². The molecule has 7 heteroatoms.